The molecule has 0 spiro atoms. The van der Waals surface area contributed by atoms with E-state index in [4.69, 9.17) is 0 Å². The van der Waals surface area contributed by atoms with Gasteiger partial charge in [-0.1, -0.05) is 146 Å². The van der Waals surface area contributed by atoms with Gasteiger partial charge in [0, 0.05) is 42.8 Å². The Morgan fingerprint density at radius 2 is 1.38 bits per heavy atom. The van der Waals surface area contributed by atoms with Gasteiger partial charge in [-0.3, -0.25) is 0 Å². The highest BCUT2D eigenvalue weighted by Crippen LogP contribution is 2.55. The van der Waals surface area contributed by atoms with Crippen LogP contribution in [0.2, 0.25) is 0 Å². The standard InChI is InChI=1S/C66H54S2/c1-3-17-44-38-47(30-28-41(44)14-1)63-51-21-7-8-22-52(51)64(48-31-29-42-15-2-4-18-45(42)39-48)58-40-46(32-33-57(58)63)59-34-35-60(67-59)61-36-37-62(68-61)66-55-25-11-9-23-53(55)65(54-24-10-12-26-56(54)66)50-27-13-19-43-16-5-6-20-49(43)50/h1-3,7-9,11-17,19-20,22-23,25-30,34-37,39-40,44,48,51H,4-6,10,18,21,24,31-33,38H2. The molecule has 2 aromatic heterocycles. The molecule has 14 rings (SSSR count). The van der Waals surface area contributed by atoms with Crippen LogP contribution in [-0.4, -0.2) is 0 Å². The molecule has 2 heteroatoms. The van der Waals surface area contributed by atoms with E-state index < -0.39 is 0 Å². The van der Waals surface area contributed by atoms with Gasteiger partial charge >= 0.3 is 0 Å². The summed E-state index contributed by atoms with van der Waals surface area (Å²) in [5.41, 5.74) is 22.6. The van der Waals surface area contributed by atoms with E-state index in [9.17, 15) is 0 Å². The Balaban J connectivity index is 0.870. The highest BCUT2D eigenvalue weighted by Gasteiger charge is 2.39. The molecule has 0 bridgehead atoms. The van der Waals surface area contributed by atoms with Crippen molar-refractivity contribution < 1.29 is 0 Å². The molecule has 0 saturated carbocycles. The monoisotopic (exact) mass is 910 g/mol. The average Bonchev–Trinajstić information content (AvgIpc) is 4.10. The van der Waals surface area contributed by atoms with Crippen molar-refractivity contribution in [1.29, 1.82) is 0 Å². The van der Waals surface area contributed by atoms with Crippen molar-refractivity contribution >= 4 is 57.2 Å². The fraction of sp³-hybridized carbons (Fsp3) is 0.212. The van der Waals surface area contributed by atoms with E-state index in [1.807, 2.05) is 22.7 Å². The summed E-state index contributed by atoms with van der Waals surface area (Å²) in [6.45, 7) is 0. The molecule has 68 heavy (non-hydrogen) atoms. The summed E-state index contributed by atoms with van der Waals surface area (Å²) >= 11 is 3.97. The molecular formula is C66H54S2. The minimum absolute atomic E-state index is 0.393. The number of fused-ring (bicyclic) bond motifs is 7. The lowest BCUT2D eigenvalue weighted by Gasteiger charge is -2.41. The number of benzene rings is 3. The molecule has 3 aromatic carbocycles. The van der Waals surface area contributed by atoms with E-state index in [1.165, 1.54) is 90.8 Å². The Labute approximate surface area is 408 Å². The molecular weight excluding hydrogens is 857 g/mol. The summed E-state index contributed by atoms with van der Waals surface area (Å²) in [6, 6.07) is 25.8. The molecule has 0 aliphatic heterocycles. The zero-order valence-corrected chi connectivity index (χ0v) is 40.2. The van der Waals surface area contributed by atoms with Crippen LogP contribution in [0.1, 0.15) is 80.2 Å². The predicted molar refractivity (Wildman–Crippen MR) is 293 cm³/mol. The Morgan fingerprint density at radius 1 is 0.544 bits per heavy atom. The molecule has 3 unspecified atom stereocenters. The topological polar surface area (TPSA) is 0 Å². The van der Waals surface area contributed by atoms with Crippen LogP contribution in [0.3, 0.4) is 0 Å². The van der Waals surface area contributed by atoms with E-state index in [0.29, 0.717) is 17.8 Å². The van der Waals surface area contributed by atoms with E-state index >= 15 is 0 Å². The molecule has 330 valence electrons. The Hall–Kier alpha value is -6.32. The minimum atomic E-state index is 0.393. The summed E-state index contributed by atoms with van der Waals surface area (Å²) in [6.07, 6.45) is 55.8. The number of thiophene rings is 2. The second-order valence-electron chi connectivity index (χ2n) is 20.0. The maximum atomic E-state index is 2.67. The molecule has 5 aromatic rings. The summed E-state index contributed by atoms with van der Waals surface area (Å²) < 4.78 is 0. The fourth-order valence-electron chi connectivity index (χ4n) is 13.2. The summed E-state index contributed by atoms with van der Waals surface area (Å²) in [5, 5.41) is 5.53. The van der Waals surface area contributed by atoms with Gasteiger partial charge in [-0.15, -0.1) is 22.7 Å². The molecule has 0 amide bonds. The Bertz CT molecular complexity index is 3590. The Kier molecular flexibility index (Phi) is 10.0. The summed E-state index contributed by atoms with van der Waals surface area (Å²) in [7, 11) is 0. The van der Waals surface area contributed by atoms with Crippen molar-refractivity contribution in [2.24, 2.45) is 17.8 Å². The average molecular weight is 911 g/mol. The molecule has 0 saturated heterocycles. The normalized spacial score (nSPS) is 23.1. The first-order valence-corrected chi connectivity index (χ1v) is 27.0. The van der Waals surface area contributed by atoms with Crippen molar-refractivity contribution in [1.82, 2.24) is 0 Å². The third-order valence-corrected chi connectivity index (χ3v) is 18.7. The smallest absolute Gasteiger partial charge is 0.0449 e. The first kappa shape index (κ1) is 40.7. The van der Waals surface area contributed by atoms with Gasteiger partial charge in [0.05, 0.1) is 0 Å². The van der Waals surface area contributed by atoms with Crippen LogP contribution < -0.4 is 10.4 Å². The Morgan fingerprint density at radius 3 is 2.32 bits per heavy atom. The van der Waals surface area contributed by atoms with Crippen molar-refractivity contribution in [3.05, 3.63) is 234 Å². The second-order valence-corrected chi connectivity index (χ2v) is 22.2. The van der Waals surface area contributed by atoms with Crippen molar-refractivity contribution in [3.8, 4) is 31.3 Å². The number of hydrogen-bond donors (Lipinski definition) is 0. The molecule has 0 fully saturated rings. The van der Waals surface area contributed by atoms with Crippen molar-refractivity contribution in [2.45, 2.75) is 70.6 Å². The number of allylic oxidation sites excluding steroid dienone is 25. The number of hydrogen-bond acceptors (Lipinski definition) is 2. The molecule has 0 N–H and O–H groups in total. The lowest BCUT2D eigenvalue weighted by atomic mass is 9.63. The largest absolute Gasteiger partial charge is 0.135 e. The minimum Gasteiger partial charge on any atom is -0.135 e. The molecule has 9 aliphatic rings. The maximum absolute atomic E-state index is 2.67. The summed E-state index contributed by atoms with van der Waals surface area (Å²) in [4.78, 5) is 5.51. The zero-order chi connectivity index (χ0) is 44.7. The second kappa shape index (κ2) is 16.7. The third kappa shape index (κ3) is 6.73. The van der Waals surface area contributed by atoms with E-state index in [0.717, 1.165) is 70.6 Å². The maximum Gasteiger partial charge on any atom is 0.0449 e. The lowest BCUT2D eigenvalue weighted by Crippen LogP contribution is -2.28. The first-order valence-electron chi connectivity index (χ1n) is 25.4. The van der Waals surface area contributed by atoms with E-state index in [1.54, 1.807) is 33.4 Å². The highest BCUT2D eigenvalue weighted by molar-refractivity contribution is 7.24. The van der Waals surface area contributed by atoms with Gasteiger partial charge in [0.1, 0.15) is 0 Å². The molecule has 0 nitrogen and oxygen atoms in total. The van der Waals surface area contributed by atoms with Crippen LogP contribution in [0.5, 0.6) is 0 Å². The van der Waals surface area contributed by atoms with E-state index in [2.05, 4.69) is 176 Å². The van der Waals surface area contributed by atoms with Crippen LogP contribution in [0.4, 0.5) is 0 Å². The lowest BCUT2D eigenvalue weighted by molar-refractivity contribution is 0.629. The van der Waals surface area contributed by atoms with Crippen LogP contribution in [0.25, 0.3) is 65.9 Å². The van der Waals surface area contributed by atoms with Gasteiger partial charge in [-0.25, -0.2) is 0 Å². The molecule has 0 radical (unpaired) electrons. The fourth-order valence-corrected chi connectivity index (χ4v) is 15.4. The summed E-state index contributed by atoms with van der Waals surface area (Å²) in [5.74, 6) is 1.28. The van der Waals surface area contributed by atoms with Gasteiger partial charge in [-0.2, -0.15) is 0 Å². The van der Waals surface area contributed by atoms with Crippen LogP contribution >= 0.6 is 22.7 Å². The van der Waals surface area contributed by atoms with E-state index in [-0.39, 0.29) is 0 Å². The third-order valence-electron chi connectivity index (χ3n) is 16.3. The van der Waals surface area contributed by atoms with Crippen molar-refractivity contribution in [2.75, 3.05) is 0 Å². The zero-order valence-electron chi connectivity index (χ0n) is 38.6. The van der Waals surface area contributed by atoms with Gasteiger partial charge in [0.15, 0.2) is 0 Å². The first-order chi connectivity index (χ1) is 33.7. The van der Waals surface area contributed by atoms with Crippen molar-refractivity contribution in [3.63, 3.8) is 0 Å². The highest BCUT2D eigenvalue weighted by atomic mass is 32.1. The van der Waals surface area contributed by atoms with Gasteiger partial charge < -0.3 is 0 Å². The van der Waals surface area contributed by atoms with Crippen LogP contribution in [0.15, 0.2) is 208 Å². The van der Waals surface area contributed by atoms with Gasteiger partial charge in [0.25, 0.3) is 0 Å². The molecule has 2 heterocycles. The quantitative estimate of drug-likeness (QED) is 0.159. The molecule has 3 atom stereocenters. The van der Waals surface area contributed by atoms with Crippen LogP contribution in [-0.2, 0) is 6.42 Å². The SMILES string of the molecule is C1=CCC2C(=C1)C(C1C=C3CCC=CC3=CC1)=C1C=C(c3ccc(-c4ccc(-c5c6c(c(-c7cccc8c7=CCCC=8)c7ccccc57)CCC=C6)s4)s3)CCC1=C2C1=CC=C2C=CC=CC2C1. The predicted octanol–water partition coefficient (Wildman–Crippen LogP) is 16.8. The van der Waals surface area contributed by atoms with Gasteiger partial charge in [-0.05, 0) is 200 Å². The number of rotatable bonds is 6. The van der Waals surface area contributed by atoms with Crippen LogP contribution in [0, 0.1) is 17.8 Å². The molecule has 9 aliphatic carbocycles. The van der Waals surface area contributed by atoms with Gasteiger partial charge in [0.2, 0.25) is 0 Å².